The lowest BCUT2D eigenvalue weighted by Gasteiger charge is -2.31. The minimum Gasteiger partial charge on any atom is -0.446 e. The maximum absolute atomic E-state index is 13.7. The summed E-state index contributed by atoms with van der Waals surface area (Å²) in [5.74, 6) is -8.86. The monoisotopic (exact) mass is 845 g/mol. The van der Waals surface area contributed by atoms with E-state index in [0.717, 1.165) is 4.90 Å². The first-order valence-corrected chi connectivity index (χ1v) is 18.6. The molecule has 0 aromatic rings. The molecule has 25 heteroatoms. The molecule has 1 unspecified atom stereocenters. The van der Waals surface area contributed by atoms with Gasteiger partial charge < -0.3 is 68.4 Å². The van der Waals surface area contributed by atoms with E-state index in [4.69, 9.17) is 26.7 Å². The lowest BCUT2D eigenvalue weighted by Crippen LogP contribution is -2.59. The number of nitrogens with two attached hydrogens (primary N) is 3. The highest BCUT2D eigenvalue weighted by Gasteiger charge is 2.44. The summed E-state index contributed by atoms with van der Waals surface area (Å²) in [6, 6.07) is -7.17. The highest BCUT2D eigenvalue weighted by molar-refractivity contribution is 5.98. The molecule has 15 N–H and O–H groups in total. The fourth-order valence-electron chi connectivity index (χ4n) is 5.46. The molecule has 0 radical (unpaired) electrons. The van der Waals surface area contributed by atoms with Gasteiger partial charge in [-0.1, -0.05) is 27.2 Å². The molecular weight excluding hydrogens is 786 g/mol. The molecule has 334 valence electrons. The lowest BCUT2D eigenvalue weighted by atomic mass is 9.95. The predicted octanol–water partition coefficient (Wildman–Crippen LogP) is -5.45. The fraction of sp³-hybridized carbons (Fsp3) is 0.706. The average molecular weight is 846 g/mol. The van der Waals surface area contributed by atoms with Crippen molar-refractivity contribution in [3.05, 3.63) is 0 Å². The number of β-amino-alcohol motifs (C(OH)–C–C–N with tert-alkyl or cyclic N) is 1. The summed E-state index contributed by atoms with van der Waals surface area (Å²) in [4.78, 5) is 126. The molecular formula is C34H59N11O14. The Morgan fingerprint density at radius 3 is 2.00 bits per heavy atom. The Hall–Kier alpha value is -5.82. The van der Waals surface area contributed by atoms with Crippen LogP contribution in [0.2, 0.25) is 0 Å². The molecule has 0 saturated carbocycles. The van der Waals surface area contributed by atoms with Crippen molar-refractivity contribution in [1.82, 2.24) is 42.3 Å². The molecule has 1 rings (SSSR count). The van der Waals surface area contributed by atoms with Crippen LogP contribution in [0.25, 0.3) is 0 Å². The Labute approximate surface area is 340 Å². The molecule has 25 nitrogen and oxygen atoms in total. The quantitative estimate of drug-likeness (QED) is 0.0509. The highest BCUT2D eigenvalue weighted by Crippen LogP contribution is 2.21. The second kappa shape index (κ2) is 23.6. The van der Waals surface area contributed by atoms with Crippen molar-refractivity contribution >= 4 is 59.4 Å². The molecule has 0 spiro atoms. The van der Waals surface area contributed by atoms with Gasteiger partial charge in [0, 0.05) is 18.9 Å². The Kier molecular flexibility index (Phi) is 20.4. The van der Waals surface area contributed by atoms with Crippen molar-refractivity contribution in [2.75, 3.05) is 26.2 Å². The number of amides is 10. The van der Waals surface area contributed by atoms with Gasteiger partial charge in [0.05, 0.1) is 31.7 Å². The van der Waals surface area contributed by atoms with Gasteiger partial charge in [-0.15, -0.1) is 0 Å². The number of nitrogens with one attached hydrogen (secondary N) is 7. The van der Waals surface area contributed by atoms with Crippen LogP contribution in [0, 0.1) is 11.8 Å². The van der Waals surface area contributed by atoms with Crippen LogP contribution >= 0.6 is 0 Å². The van der Waals surface area contributed by atoms with E-state index in [2.05, 4.69) is 26.6 Å². The van der Waals surface area contributed by atoms with Gasteiger partial charge in [0.15, 0.2) is 0 Å². The van der Waals surface area contributed by atoms with Gasteiger partial charge in [0.25, 0.3) is 0 Å². The Morgan fingerprint density at radius 1 is 0.847 bits per heavy atom. The van der Waals surface area contributed by atoms with Crippen molar-refractivity contribution in [2.45, 2.75) is 116 Å². The second-order valence-electron chi connectivity index (χ2n) is 14.9. The summed E-state index contributed by atoms with van der Waals surface area (Å²) in [7, 11) is 0. The molecule has 0 bridgehead atoms. The average Bonchev–Trinajstić information content (AvgIpc) is 3.55. The van der Waals surface area contributed by atoms with E-state index >= 15 is 0 Å². The molecule has 1 saturated heterocycles. The Bertz CT molecular complexity index is 1560. The summed E-state index contributed by atoms with van der Waals surface area (Å²) in [6.45, 7) is 8.60. The zero-order chi connectivity index (χ0) is 45.4. The van der Waals surface area contributed by atoms with E-state index in [1.807, 2.05) is 10.9 Å². The topological polar surface area (TPSA) is 395 Å². The normalized spacial score (nSPS) is 18.5. The predicted molar refractivity (Wildman–Crippen MR) is 203 cm³/mol. The number of carbonyl (C=O) groups is 10. The molecule has 1 aliphatic rings. The first-order chi connectivity index (χ1) is 27.3. The standard InChI is InChI=1S/C34H59N11O14/c1-8-15(2)25(41-23(49)11-35)30(54)38-12-24(50)39-17(4)28(52)40-19(10-22(36)48)31(55)45-13-18(46)9-20(45)29(53)42-26(27(37)51)16(3)21(47)14-58-32(56)43-44-33(57)59-34(5,6)7/h15-21,25-26,46-47H,8-14,35H2,1-7H3,(H2,36,48)(H2,37,51)(H,38,54)(H,39,50)(H,40,52)(H,41,49)(H,42,53)(H,43,56)(H,44,57)/t15-,16-,17-,18+,19?,20-,21-,25-,26-/m0/s1. The maximum Gasteiger partial charge on any atom is 0.426 e. The summed E-state index contributed by atoms with van der Waals surface area (Å²) >= 11 is 0. The van der Waals surface area contributed by atoms with Gasteiger partial charge in [-0.2, -0.15) is 0 Å². The van der Waals surface area contributed by atoms with Crippen LogP contribution in [0.1, 0.15) is 67.7 Å². The fourth-order valence-corrected chi connectivity index (χ4v) is 5.46. The second-order valence-corrected chi connectivity index (χ2v) is 14.9. The van der Waals surface area contributed by atoms with Gasteiger partial charge in [-0.3, -0.25) is 38.4 Å². The first kappa shape index (κ1) is 51.2. The summed E-state index contributed by atoms with van der Waals surface area (Å²) in [6.07, 6.45) is -5.75. The van der Waals surface area contributed by atoms with Gasteiger partial charge >= 0.3 is 12.2 Å². The lowest BCUT2D eigenvalue weighted by molar-refractivity contribution is -0.143. The van der Waals surface area contributed by atoms with Crippen LogP contribution in [0.5, 0.6) is 0 Å². The minimum absolute atomic E-state index is 0.314. The first-order valence-electron chi connectivity index (χ1n) is 18.6. The van der Waals surface area contributed by atoms with E-state index < -0.39 is 139 Å². The van der Waals surface area contributed by atoms with Crippen molar-refractivity contribution in [2.24, 2.45) is 29.0 Å². The zero-order valence-corrected chi connectivity index (χ0v) is 34.1. The summed E-state index contributed by atoms with van der Waals surface area (Å²) in [5, 5.41) is 32.8. The molecule has 1 fully saturated rings. The third kappa shape index (κ3) is 17.7. The van der Waals surface area contributed by atoms with Gasteiger partial charge in [-0.05, 0) is 33.6 Å². The number of aliphatic hydroxyl groups excluding tert-OH is 2. The number of hydrogen-bond donors (Lipinski definition) is 12. The molecule has 0 aromatic carbocycles. The largest absolute Gasteiger partial charge is 0.446 e. The molecule has 0 aromatic heterocycles. The molecule has 1 aliphatic heterocycles. The number of nitrogens with zero attached hydrogens (tertiary/aromatic N) is 1. The third-order valence-corrected chi connectivity index (χ3v) is 8.86. The molecule has 10 amide bonds. The maximum atomic E-state index is 13.7. The van der Waals surface area contributed by atoms with Crippen molar-refractivity contribution in [3.63, 3.8) is 0 Å². The number of primary amides is 2. The summed E-state index contributed by atoms with van der Waals surface area (Å²) in [5.41, 5.74) is 19.1. The van der Waals surface area contributed by atoms with E-state index in [0.29, 0.717) is 6.42 Å². The number of aliphatic hydroxyl groups is 2. The minimum atomic E-state index is -1.71. The molecule has 1 heterocycles. The zero-order valence-electron chi connectivity index (χ0n) is 34.1. The van der Waals surface area contributed by atoms with Gasteiger partial charge in [-0.25, -0.2) is 20.4 Å². The van der Waals surface area contributed by atoms with Crippen LogP contribution in [0.3, 0.4) is 0 Å². The number of ether oxygens (including phenoxy) is 2. The van der Waals surface area contributed by atoms with Crippen LogP contribution in [0.4, 0.5) is 9.59 Å². The number of rotatable bonds is 20. The molecule has 59 heavy (non-hydrogen) atoms. The van der Waals surface area contributed by atoms with Crippen LogP contribution in [0.15, 0.2) is 0 Å². The van der Waals surface area contributed by atoms with E-state index in [-0.39, 0.29) is 18.9 Å². The van der Waals surface area contributed by atoms with Crippen molar-refractivity contribution < 1.29 is 67.6 Å². The smallest absolute Gasteiger partial charge is 0.426 e. The van der Waals surface area contributed by atoms with E-state index in [9.17, 15) is 58.2 Å². The number of carbonyl (C=O) groups excluding carboxylic acids is 10. The number of hydrogen-bond acceptors (Lipinski definition) is 15. The van der Waals surface area contributed by atoms with E-state index in [1.165, 1.54) is 13.8 Å². The van der Waals surface area contributed by atoms with Crippen LogP contribution < -0.4 is 54.6 Å². The summed E-state index contributed by atoms with van der Waals surface area (Å²) < 4.78 is 9.79. The Morgan fingerprint density at radius 2 is 1.46 bits per heavy atom. The van der Waals surface area contributed by atoms with Gasteiger partial charge in [0.2, 0.25) is 47.3 Å². The van der Waals surface area contributed by atoms with Crippen molar-refractivity contribution in [3.8, 4) is 0 Å². The van der Waals surface area contributed by atoms with E-state index in [1.54, 1.807) is 34.6 Å². The van der Waals surface area contributed by atoms with Gasteiger partial charge in [0.1, 0.15) is 42.4 Å². The molecule has 9 atom stereocenters. The van der Waals surface area contributed by atoms with Crippen LogP contribution in [-0.4, -0.2) is 149 Å². The Balaban J connectivity index is 2.97. The van der Waals surface area contributed by atoms with Crippen molar-refractivity contribution in [1.29, 1.82) is 0 Å². The number of likely N-dealkylation sites (tertiary alicyclic amines) is 1. The molecule has 0 aliphatic carbocycles. The highest BCUT2D eigenvalue weighted by atomic mass is 16.6. The SMILES string of the molecule is CC[C@H](C)[C@H](NC(=O)CN)C(=O)NCC(=O)N[C@@H](C)C(=O)NC(CC(N)=O)C(=O)N1C[C@H](O)C[C@H]1C(=O)N[C@H](C(N)=O)[C@@H](C)[C@@H](O)COC(=O)NNC(=O)OC(C)(C)C. The number of hydrazine groups is 1. The third-order valence-electron chi connectivity index (χ3n) is 8.86. The van der Waals surface area contributed by atoms with Crippen LogP contribution in [-0.2, 0) is 47.8 Å².